The largest absolute Gasteiger partial charge is 0.418 e. The second-order valence-electron chi connectivity index (χ2n) is 5.71. The van der Waals surface area contributed by atoms with Crippen molar-refractivity contribution in [3.63, 3.8) is 0 Å². The Labute approximate surface area is 104 Å². The maximum absolute atomic E-state index is 13.4. The van der Waals surface area contributed by atoms with Gasteiger partial charge >= 0.3 is 6.18 Å². The predicted octanol–water partition coefficient (Wildman–Crippen LogP) is 3.46. The summed E-state index contributed by atoms with van der Waals surface area (Å²) in [6, 6.07) is 0. The van der Waals surface area contributed by atoms with Gasteiger partial charge in [-0.25, -0.2) is 0 Å². The zero-order valence-corrected chi connectivity index (χ0v) is 10.0. The molecule has 5 atom stereocenters. The quantitative estimate of drug-likeness (QED) is 0.660. The van der Waals surface area contributed by atoms with E-state index in [1.165, 1.54) is 0 Å². The lowest BCUT2D eigenvalue weighted by Crippen LogP contribution is -2.53. The van der Waals surface area contributed by atoms with Gasteiger partial charge in [0.05, 0.1) is 0 Å². The van der Waals surface area contributed by atoms with Crippen molar-refractivity contribution in [1.82, 2.24) is 0 Å². The van der Waals surface area contributed by atoms with Crippen LogP contribution in [0.25, 0.3) is 0 Å². The highest BCUT2D eigenvalue weighted by molar-refractivity contribution is 5.23. The lowest BCUT2D eigenvalue weighted by atomic mass is 9.77. The molecule has 0 aromatic carbocycles. The molecule has 0 aliphatic heterocycles. The standard InChI is InChI=1S/C14H17F3O/c15-14(16,17)13(18)11-7-3-1-5-9(11)10-6-2-4-8-12(10)13/h3-4,7-12,18H,1-2,5-6H2/t9-,10+,11-,12-,13?/m1/s1. The SMILES string of the molecule is OC1(C(F)(F)F)[C@@H]2C=CCC[C@@H]2[C@@H]2CCC=C[C@H]21. The Morgan fingerprint density at radius 2 is 1.39 bits per heavy atom. The van der Waals surface area contributed by atoms with Crippen molar-refractivity contribution < 1.29 is 18.3 Å². The lowest BCUT2D eigenvalue weighted by molar-refractivity contribution is -0.281. The van der Waals surface area contributed by atoms with Gasteiger partial charge < -0.3 is 5.11 Å². The van der Waals surface area contributed by atoms with Gasteiger partial charge in [0, 0.05) is 11.8 Å². The number of hydrogen-bond donors (Lipinski definition) is 1. The first-order valence-electron chi connectivity index (χ1n) is 6.58. The fraction of sp³-hybridized carbons (Fsp3) is 0.714. The molecule has 3 rings (SSSR count). The Hall–Kier alpha value is -0.770. The first-order valence-corrected chi connectivity index (χ1v) is 6.58. The molecule has 0 amide bonds. The fourth-order valence-electron chi connectivity index (χ4n) is 4.21. The highest BCUT2D eigenvalue weighted by atomic mass is 19.4. The van der Waals surface area contributed by atoms with Crippen LogP contribution < -0.4 is 0 Å². The van der Waals surface area contributed by atoms with Crippen molar-refractivity contribution in [3.8, 4) is 0 Å². The number of aliphatic hydroxyl groups is 1. The van der Waals surface area contributed by atoms with E-state index in [4.69, 9.17) is 0 Å². The molecule has 0 spiro atoms. The molecule has 0 heterocycles. The normalized spacial score (nSPS) is 46.9. The van der Waals surface area contributed by atoms with Crippen LogP contribution in [-0.4, -0.2) is 16.9 Å². The van der Waals surface area contributed by atoms with E-state index in [-0.39, 0.29) is 11.8 Å². The monoisotopic (exact) mass is 258 g/mol. The van der Waals surface area contributed by atoms with E-state index in [9.17, 15) is 18.3 Å². The van der Waals surface area contributed by atoms with Crippen molar-refractivity contribution in [2.75, 3.05) is 0 Å². The van der Waals surface area contributed by atoms with Gasteiger partial charge in [0.1, 0.15) is 0 Å². The molecule has 0 aromatic rings. The molecule has 3 aliphatic rings. The smallest absolute Gasteiger partial charge is 0.379 e. The average Bonchev–Trinajstić information content (AvgIpc) is 2.62. The van der Waals surface area contributed by atoms with Crippen LogP contribution in [0.15, 0.2) is 24.3 Å². The van der Waals surface area contributed by atoms with Gasteiger partial charge in [-0.05, 0) is 37.5 Å². The summed E-state index contributed by atoms with van der Waals surface area (Å²) < 4.78 is 40.1. The predicted molar refractivity (Wildman–Crippen MR) is 61.7 cm³/mol. The third-order valence-corrected chi connectivity index (χ3v) is 4.96. The van der Waals surface area contributed by atoms with Crippen molar-refractivity contribution >= 4 is 0 Å². The zero-order chi connectivity index (χ0) is 13.0. The van der Waals surface area contributed by atoms with Crippen LogP contribution >= 0.6 is 0 Å². The molecule has 1 N–H and O–H groups in total. The van der Waals surface area contributed by atoms with Gasteiger partial charge in [0.25, 0.3) is 0 Å². The minimum atomic E-state index is -4.56. The van der Waals surface area contributed by atoms with Crippen LogP contribution in [0.1, 0.15) is 25.7 Å². The molecule has 100 valence electrons. The van der Waals surface area contributed by atoms with Gasteiger partial charge in [-0.1, -0.05) is 24.3 Å². The van der Waals surface area contributed by atoms with Gasteiger partial charge in [0.15, 0.2) is 5.60 Å². The average molecular weight is 258 g/mol. The number of alkyl halides is 3. The molecule has 3 aliphatic carbocycles. The van der Waals surface area contributed by atoms with Crippen molar-refractivity contribution in [2.45, 2.75) is 37.5 Å². The summed E-state index contributed by atoms with van der Waals surface area (Å²) in [6.07, 6.45) is 5.45. The second kappa shape index (κ2) is 3.86. The zero-order valence-electron chi connectivity index (χ0n) is 10.0. The summed E-state index contributed by atoms with van der Waals surface area (Å²) in [4.78, 5) is 0. The first-order chi connectivity index (χ1) is 8.46. The molecule has 18 heavy (non-hydrogen) atoms. The molecule has 0 saturated heterocycles. The molecular weight excluding hydrogens is 241 g/mol. The number of rotatable bonds is 0. The first kappa shape index (κ1) is 12.3. The summed E-state index contributed by atoms with van der Waals surface area (Å²) in [5, 5.41) is 10.4. The van der Waals surface area contributed by atoms with Gasteiger partial charge in [-0.2, -0.15) is 13.2 Å². The van der Waals surface area contributed by atoms with Gasteiger partial charge in [-0.3, -0.25) is 0 Å². The van der Waals surface area contributed by atoms with E-state index in [1.54, 1.807) is 24.3 Å². The van der Waals surface area contributed by atoms with E-state index in [1.807, 2.05) is 0 Å². The molecular formula is C14H17F3O. The van der Waals surface area contributed by atoms with Crippen LogP contribution in [0.4, 0.5) is 13.2 Å². The minimum absolute atomic E-state index is 0.0171. The Bertz CT molecular complexity index is 368. The molecule has 4 heteroatoms. The topological polar surface area (TPSA) is 20.2 Å². The Morgan fingerprint density at radius 1 is 0.944 bits per heavy atom. The summed E-state index contributed by atoms with van der Waals surface area (Å²) in [6.45, 7) is 0. The number of halogens is 3. The third kappa shape index (κ3) is 1.44. The summed E-state index contributed by atoms with van der Waals surface area (Å²) in [7, 11) is 0. The van der Waals surface area contributed by atoms with E-state index >= 15 is 0 Å². The fourth-order valence-corrected chi connectivity index (χ4v) is 4.21. The van der Waals surface area contributed by atoms with E-state index in [2.05, 4.69) is 0 Å². The van der Waals surface area contributed by atoms with Crippen molar-refractivity contribution in [3.05, 3.63) is 24.3 Å². The summed E-state index contributed by atoms with van der Waals surface area (Å²) >= 11 is 0. The molecule has 0 aromatic heterocycles. The molecule has 0 bridgehead atoms. The van der Waals surface area contributed by atoms with Crippen molar-refractivity contribution in [1.29, 1.82) is 0 Å². The van der Waals surface area contributed by atoms with Crippen LogP contribution in [0, 0.1) is 23.7 Å². The Morgan fingerprint density at radius 3 is 1.78 bits per heavy atom. The van der Waals surface area contributed by atoms with Crippen LogP contribution in [0.2, 0.25) is 0 Å². The van der Waals surface area contributed by atoms with Crippen LogP contribution in [-0.2, 0) is 0 Å². The minimum Gasteiger partial charge on any atom is -0.379 e. The number of hydrogen-bond acceptors (Lipinski definition) is 1. The van der Waals surface area contributed by atoms with Gasteiger partial charge in [0.2, 0.25) is 0 Å². The molecule has 1 unspecified atom stereocenters. The van der Waals surface area contributed by atoms with E-state index < -0.39 is 23.6 Å². The summed E-state index contributed by atoms with van der Waals surface area (Å²) in [5.74, 6) is -1.55. The van der Waals surface area contributed by atoms with E-state index in [0.29, 0.717) is 0 Å². The Kier molecular flexibility index (Phi) is 2.63. The highest BCUT2D eigenvalue weighted by Gasteiger charge is 2.69. The Balaban J connectivity index is 2.09. The third-order valence-electron chi connectivity index (χ3n) is 4.96. The molecule has 1 fully saturated rings. The highest BCUT2D eigenvalue weighted by Crippen LogP contribution is 2.60. The molecule has 1 nitrogen and oxygen atoms in total. The number of allylic oxidation sites excluding steroid dienone is 2. The molecule has 0 radical (unpaired) electrons. The lowest BCUT2D eigenvalue weighted by Gasteiger charge is -2.37. The maximum Gasteiger partial charge on any atom is 0.418 e. The van der Waals surface area contributed by atoms with Crippen LogP contribution in [0.3, 0.4) is 0 Å². The van der Waals surface area contributed by atoms with Crippen molar-refractivity contribution in [2.24, 2.45) is 23.7 Å². The van der Waals surface area contributed by atoms with Crippen LogP contribution in [0.5, 0.6) is 0 Å². The maximum atomic E-state index is 13.4. The van der Waals surface area contributed by atoms with Gasteiger partial charge in [-0.15, -0.1) is 0 Å². The van der Waals surface area contributed by atoms with E-state index in [0.717, 1.165) is 25.7 Å². The second-order valence-corrected chi connectivity index (χ2v) is 5.71. The number of fused-ring (bicyclic) bond motifs is 3. The summed E-state index contributed by atoms with van der Waals surface area (Å²) in [5.41, 5.74) is -2.56. The molecule has 1 saturated carbocycles.